The molecule has 3 nitrogen and oxygen atoms in total. The van der Waals surface area contributed by atoms with Crippen LogP contribution in [0.15, 0.2) is 60.8 Å². The van der Waals surface area contributed by atoms with Crippen molar-refractivity contribution in [1.29, 1.82) is 0 Å². The van der Waals surface area contributed by atoms with Crippen LogP contribution in [0.25, 0.3) is 10.9 Å². The fourth-order valence-corrected chi connectivity index (χ4v) is 2.56. The van der Waals surface area contributed by atoms with Gasteiger partial charge in [-0.3, -0.25) is 4.98 Å². The highest BCUT2D eigenvalue weighted by atomic mass is 16.5. The third-order valence-corrected chi connectivity index (χ3v) is 3.55. The number of ether oxygens (including phenoxy) is 1. The van der Waals surface area contributed by atoms with Crippen LogP contribution in [0.1, 0.15) is 22.8 Å². The van der Waals surface area contributed by atoms with Crippen molar-refractivity contribution in [3.8, 4) is 0 Å². The van der Waals surface area contributed by atoms with Crippen LogP contribution in [0.5, 0.6) is 0 Å². The number of benzene rings is 2. The number of aromatic nitrogens is 1. The lowest BCUT2D eigenvalue weighted by Gasteiger charge is -2.15. The van der Waals surface area contributed by atoms with E-state index in [0.29, 0.717) is 6.61 Å². The van der Waals surface area contributed by atoms with Crippen molar-refractivity contribution in [2.45, 2.75) is 12.7 Å². The lowest BCUT2D eigenvalue weighted by Crippen LogP contribution is -2.02. The quantitative estimate of drug-likeness (QED) is 0.795. The lowest BCUT2D eigenvalue weighted by molar-refractivity contribution is 0.184. The topological polar surface area (TPSA) is 42.4 Å². The van der Waals surface area contributed by atoms with Gasteiger partial charge in [0.25, 0.3) is 0 Å². The largest absolute Gasteiger partial charge is 0.384 e. The van der Waals surface area contributed by atoms with Gasteiger partial charge in [-0.1, -0.05) is 42.5 Å². The summed E-state index contributed by atoms with van der Waals surface area (Å²) in [5, 5.41) is 11.7. The molecule has 3 aromatic rings. The molecule has 0 radical (unpaired) electrons. The minimum atomic E-state index is -0.672. The maximum atomic E-state index is 10.7. The molecule has 0 spiro atoms. The van der Waals surface area contributed by atoms with Gasteiger partial charge in [0.15, 0.2) is 0 Å². The number of hydrogen-bond acceptors (Lipinski definition) is 3. The molecule has 0 bridgehead atoms. The lowest BCUT2D eigenvalue weighted by atomic mass is 9.96. The molecule has 1 N–H and O–H groups in total. The van der Waals surface area contributed by atoms with E-state index in [0.717, 1.165) is 27.6 Å². The van der Waals surface area contributed by atoms with Crippen molar-refractivity contribution in [2.75, 3.05) is 7.11 Å². The second-order valence-electron chi connectivity index (χ2n) is 5.00. The highest BCUT2D eigenvalue weighted by molar-refractivity contribution is 5.82. The van der Waals surface area contributed by atoms with Crippen molar-refractivity contribution in [2.24, 2.45) is 0 Å². The number of fused-ring (bicyclic) bond motifs is 1. The molecule has 0 aliphatic rings. The molecule has 0 saturated heterocycles. The third-order valence-electron chi connectivity index (χ3n) is 3.55. The van der Waals surface area contributed by atoms with Gasteiger partial charge in [-0.25, -0.2) is 0 Å². The van der Waals surface area contributed by atoms with Gasteiger partial charge in [-0.05, 0) is 28.8 Å². The fourth-order valence-electron chi connectivity index (χ4n) is 2.56. The molecule has 106 valence electrons. The van der Waals surface area contributed by atoms with Crippen molar-refractivity contribution in [3.05, 3.63) is 77.5 Å². The molecule has 1 aromatic heterocycles. The third kappa shape index (κ3) is 2.79. The number of aliphatic hydroxyl groups excluding tert-OH is 1. The molecule has 0 fully saturated rings. The highest BCUT2D eigenvalue weighted by Gasteiger charge is 2.14. The first-order chi connectivity index (χ1) is 10.3. The Balaban J connectivity index is 2.04. The number of pyridine rings is 1. The van der Waals surface area contributed by atoms with E-state index in [-0.39, 0.29) is 0 Å². The summed E-state index contributed by atoms with van der Waals surface area (Å²) in [5.74, 6) is 0. The number of nitrogens with zero attached hydrogens (tertiary/aromatic N) is 1. The molecule has 3 rings (SSSR count). The Morgan fingerprint density at radius 1 is 1.10 bits per heavy atom. The van der Waals surface area contributed by atoms with Gasteiger partial charge in [0.1, 0.15) is 6.10 Å². The van der Waals surface area contributed by atoms with Crippen molar-refractivity contribution >= 4 is 10.9 Å². The SMILES string of the molecule is COCc1cccc(C(O)c2cccc3ncccc23)c1. The van der Waals surface area contributed by atoms with Crippen LogP contribution in [0.4, 0.5) is 0 Å². The van der Waals surface area contributed by atoms with Crippen LogP contribution in [-0.2, 0) is 11.3 Å². The first-order valence-corrected chi connectivity index (χ1v) is 6.89. The Kier molecular flexibility index (Phi) is 3.95. The van der Waals surface area contributed by atoms with Crippen molar-refractivity contribution in [3.63, 3.8) is 0 Å². The van der Waals surface area contributed by atoms with E-state index in [9.17, 15) is 5.11 Å². The van der Waals surface area contributed by atoms with Crippen molar-refractivity contribution < 1.29 is 9.84 Å². The van der Waals surface area contributed by atoms with Gasteiger partial charge in [0, 0.05) is 18.7 Å². The van der Waals surface area contributed by atoms with Crippen LogP contribution in [0, 0.1) is 0 Å². The van der Waals surface area contributed by atoms with Gasteiger partial charge < -0.3 is 9.84 Å². The Labute approximate surface area is 123 Å². The van der Waals surface area contributed by atoms with E-state index in [1.54, 1.807) is 13.3 Å². The van der Waals surface area contributed by atoms with Gasteiger partial charge in [-0.2, -0.15) is 0 Å². The van der Waals surface area contributed by atoms with E-state index in [1.165, 1.54) is 0 Å². The summed E-state index contributed by atoms with van der Waals surface area (Å²) < 4.78 is 5.15. The molecular formula is C18H17NO2. The normalized spacial score (nSPS) is 12.5. The zero-order valence-corrected chi connectivity index (χ0v) is 11.9. The van der Waals surface area contributed by atoms with Gasteiger partial charge in [-0.15, -0.1) is 0 Å². The fraction of sp³-hybridized carbons (Fsp3) is 0.167. The summed E-state index contributed by atoms with van der Waals surface area (Å²) >= 11 is 0. The molecule has 0 aliphatic heterocycles. The summed E-state index contributed by atoms with van der Waals surface area (Å²) in [7, 11) is 1.67. The maximum Gasteiger partial charge on any atom is 0.105 e. The number of methoxy groups -OCH3 is 1. The molecule has 0 aliphatic carbocycles. The summed E-state index contributed by atoms with van der Waals surface area (Å²) in [4.78, 5) is 4.33. The predicted molar refractivity (Wildman–Crippen MR) is 83.0 cm³/mol. The Bertz CT molecular complexity index is 750. The molecule has 0 saturated carbocycles. The van der Waals surface area contributed by atoms with E-state index >= 15 is 0 Å². The molecule has 1 heterocycles. The maximum absolute atomic E-state index is 10.7. The summed E-state index contributed by atoms with van der Waals surface area (Å²) in [6.45, 7) is 0.539. The minimum Gasteiger partial charge on any atom is -0.384 e. The molecule has 2 aromatic carbocycles. The second-order valence-corrected chi connectivity index (χ2v) is 5.00. The summed E-state index contributed by atoms with van der Waals surface area (Å²) in [5.41, 5.74) is 3.67. The zero-order chi connectivity index (χ0) is 14.7. The van der Waals surface area contributed by atoms with Gasteiger partial charge >= 0.3 is 0 Å². The Hall–Kier alpha value is -2.23. The first-order valence-electron chi connectivity index (χ1n) is 6.89. The van der Waals surface area contributed by atoms with Crippen LogP contribution in [0.3, 0.4) is 0 Å². The second kappa shape index (κ2) is 6.04. The average molecular weight is 279 g/mol. The average Bonchev–Trinajstić information content (AvgIpc) is 2.54. The van der Waals surface area contributed by atoms with E-state index < -0.39 is 6.10 Å². The number of rotatable bonds is 4. The standard InChI is InChI=1S/C18H17NO2/c1-21-12-13-5-2-6-14(11-13)18(20)16-7-3-9-17-15(16)8-4-10-19-17/h2-11,18,20H,12H2,1H3. The number of aliphatic hydroxyl groups is 1. The molecule has 21 heavy (non-hydrogen) atoms. The minimum absolute atomic E-state index is 0.539. The van der Waals surface area contributed by atoms with Gasteiger partial charge in [0.2, 0.25) is 0 Å². The predicted octanol–water partition coefficient (Wildman–Crippen LogP) is 3.46. The van der Waals surface area contributed by atoms with E-state index in [4.69, 9.17) is 4.74 Å². The van der Waals surface area contributed by atoms with Crippen LogP contribution >= 0.6 is 0 Å². The molecular weight excluding hydrogens is 262 g/mol. The summed E-state index contributed by atoms with van der Waals surface area (Å²) in [6, 6.07) is 17.5. The monoisotopic (exact) mass is 279 g/mol. The first kappa shape index (κ1) is 13.7. The highest BCUT2D eigenvalue weighted by Crippen LogP contribution is 2.28. The van der Waals surface area contributed by atoms with Crippen LogP contribution < -0.4 is 0 Å². The van der Waals surface area contributed by atoms with Crippen LogP contribution in [-0.4, -0.2) is 17.2 Å². The van der Waals surface area contributed by atoms with Crippen LogP contribution in [0.2, 0.25) is 0 Å². The number of hydrogen-bond donors (Lipinski definition) is 1. The smallest absolute Gasteiger partial charge is 0.105 e. The van der Waals surface area contributed by atoms with Gasteiger partial charge in [0.05, 0.1) is 12.1 Å². The Morgan fingerprint density at radius 2 is 1.95 bits per heavy atom. The molecule has 3 heteroatoms. The molecule has 1 atom stereocenters. The molecule has 0 amide bonds. The Morgan fingerprint density at radius 3 is 2.81 bits per heavy atom. The van der Waals surface area contributed by atoms with E-state index in [2.05, 4.69) is 4.98 Å². The van der Waals surface area contributed by atoms with E-state index in [1.807, 2.05) is 54.6 Å². The molecule has 1 unspecified atom stereocenters. The summed E-state index contributed by atoms with van der Waals surface area (Å²) in [6.07, 6.45) is 1.09. The zero-order valence-electron chi connectivity index (χ0n) is 11.9. The van der Waals surface area contributed by atoms with Crippen molar-refractivity contribution in [1.82, 2.24) is 4.98 Å².